The zero-order valence-electron chi connectivity index (χ0n) is 5.98. The second-order valence-corrected chi connectivity index (χ2v) is 2.35. The first-order valence-electron chi connectivity index (χ1n) is 3.28. The van der Waals surface area contributed by atoms with Crippen LogP contribution in [0.2, 0.25) is 0 Å². The fourth-order valence-electron chi connectivity index (χ4n) is 0.986. The maximum atomic E-state index is 4.48. The van der Waals surface area contributed by atoms with Gasteiger partial charge in [0.05, 0.1) is 22.3 Å². The molecule has 0 unspecified atom stereocenters. The Labute approximate surface area is 73.3 Å². The highest BCUT2D eigenvalue weighted by Crippen LogP contribution is 2.19. The molecule has 58 valence electrons. The predicted octanol–water partition coefficient (Wildman–Crippen LogP) is 1.69. The number of hydrogen-bond acceptors (Lipinski definition) is 4. The first-order chi connectivity index (χ1) is 5.92. The maximum Gasteiger partial charge on any atom is 0.173 e. The van der Waals surface area contributed by atoms with Crippen LogP contribution in [0.15, 0.2) is 23.5 Å². The summed E-state index contributed by atoms with van der Waals surface area (Å²) < 4.78 is 0. The second-order valence-electron chi connectivity index (χ2n) is 2.17. The lowest BCUT2D eigenvalue weighted by molar-refractivity contribution is 1.12. The van der Waals surface area contributed by atoms with Crippen LogP contribution in [-0.4, -0.2) is 20.3 Å². The molecular weight excluding hydrogens is 172 g/mol. The average molecular weight is 176 g/mol. The molecule has 0 bridgehead atoms. The third kappa shape index (κ3) is 1.01. The van der Waals surface area contributed by atoms with Crippen molar-refractivity contribution in [2.75, 3.05) is 0 Å². The number of aliphatic imine (C=N–C) groups is 1. The number of fused-ring (bicyclic) bond motifs is 1. The van der Waals surface area contributed by atoms with Crippen LogP contribution in [0.5, 0.6) is 0 Å². The molecule has 4 nitrogen and oxygen atoms in total. The summed E-state index contributed by atoms with van der Waals surface area (Å²) in [7, 11) is 0. The molecule has 0 atom stereocenters. The summed E-state index contributed by atoms with van der Waals surface area (Å²) in [6.45, 7) is 0. The van der Waals surface area contributed by atoms with E-state index in [9.17, 15) is 0 Å². The Morgan fingerprint density at radius 1 is 1.58 bits per heavy atom. The monoisotopic (exact) mass is 176 g/mol. The predicted molar refractivity (Wildman–Crippen MR) is 48.6 cm³/mol. The SMILES string of the molecule is S=C=Nc1nccc2[nH]ncc12. The molecule has 0 saturated carbocycles. The fraction of sp³-hybridized carbons (Fsp3) is 0. The van der Waals surface area contributed by atoms with Crippen LogP contribution in [-0.2, 0) is 0 Å². The lowest BCUT2D eigenvalue weighted by Crippen LogP contribution is -1.73. The number of aromatic amines is 1. The Morgan fingerprint density at radius 2 is 2.50 bits per heavy atom. The molecule has 0 fully saturated rings. The van der Waals surface area contributed by atoms with Gasteiger partial charge in [-0.2, -0.15) is 10.1 Å². The van der Waals surface area contributed by atoms with Crippen molar-refractivity contribution >= 4 is 34.1 Å². The summed E-state index contributed by atoms with van der Waals surface area (Å²) in [5, 5.41) is 9.79. The Hall–Kier alpha value is -1.58. The van der Waals surface area contributed by atoms with Gasteiger partial charge in [0.25, 0.3) is 0 Å². The molecular formula is C7H4N4S. The molecule has 2 aromatic rings. The van der Waals surface area contributed by atoms with Crippen molar-refractivity contribution in [3.8, 4) is 0 Å². The van der Waals surface area contributed by atoms with Crippen LogP contribution in [0, 0.1) is 0 Å². The molecule has 0 amide bonds. The molecule has 0 saturated heterocycles. The number of hydrogen-bond donors (Lipinski definition) is 1. The Kier molecular flexibility index (Phi) is 1.66. The first kappa shape index (κ1) is 7.09. The lowest BCUT2D eigenvalue weighted by atomic mass is 10.3. The van der Waals surface area contributed by atoms with Gasteiger partial charge in [0.1, 0.15) is 0 Å². The van der Waals surface area contributed by atoms with Crippen molar-refractivity contribution in [2.45, 2.75) is 0 Å². The number of thiocarbonyl (C=S) groups is 1. The number of nitrogens with one attached hydrogen (secondary N) is 1. The van der Waals surface area contributed by atoms with Gasteiger partial charge in [0, 0.05) is 6.20 Å². The number of H-pyrrole nitrogens is 1. The minimum atomic E-state index is 0.552. The Morgan fingerprint density at radius 3 is 3.33 bits per heavy atom. The standard InChI is InChI=1S/C7H4N4S/c12-4-9-7-5-3-10-11-6(5)1-2-8-7/h1-3H,(H,10,11). The van der Waals surface area contributed by atoms with Gasteiger partial charge < -0.3 is 0 Å². The normalized spacial score (nSPS) is 9.67. The van der Waals surface area contributed by atoms with Crippen LogP contribution >= 0.6 is 12.2 Å². The smallest absolute Gasteiger partial charge is 0.173 e. The van der Waals surface area contributed by atoms with Crippen LogP contribution in [0.4, 0.5) is 5.82 Å². The first-order valence-corrected chi connectivity index (χ1v) is 3.68. The van der Waals surface area contributed by atoms with Gasteiger partial charge in [-0.3, -0.25) is 5.10 Å². The highest BCUT2D eigenvalue weighted by atomic mass is 32.1. The molecule has 5 heteroatoms. The second kappa shape index (κ2) is 2.81. The van der Waals surface area contributed by atoms with E-state index in [-0.39, 0.29) is 0 Å². The van der Waals surface area contributed by atoms with Crippen molar-refractivity contribution in [1.29, 1.82) is 0 Å². The van der Waals surface area contributed by atoms with Crippen LogP contribution < -0.4 is 0 Å². The summed E-state index contributed by atoms with van der Waals surface area (Å²) in [6.07, 6.45) is 3.31. The molecule has 1 N–H and O–H groups in total. The fourth-order valence-corrected chi connectivity index (χ4v) is 1.07. The maximum absolute atomic E-state index is 4.48. The van der Waals surface area contributed by atoms with Gasteiger partial charge in [-0.15, -0.1) is 0 Å². The van der Waals surface area contributed by atoms with E-state index in [1.165, 1.54) is 0 Å². The number of aromatic nitrogens is 3. The average Bonchev–Trinajstić information content (AvgIpc) is 2.53. The minimum absolute atomic E-state index is 0.552. The molecule has 0 radical (unpaired) electrons. The largest absolute Gasteiger partial charge is 0.278 e. The summed E-state index contributed by atoms with van der Waals surface area (Å²) in [6, 6.07) is 1.82. The van der Waals surface area contributed by atoms with E-state index < -0.39 is 0 Å². The topological polar surface area (TPSA) is 53.9 Å². The van der Waals surface area contributed by atoms with Gasteiger partial charge in [-0.1, -0.05) is 0 Å². The van der Waals surface area contributed by atoms with Gasteiger partial charge in [-0.25, -0.2) is 4.98 Å². The molecule has 0 spiro atoms. The zero-order valence-corrected chi connectivity index (χ0v) is 6.80. The zero-order chi connectivity index (χ0) is 8.39. The molecule has 0 aliphatic rings. The third-order valence-electron chi connectivity index (χ3n) is 1.50. The summed E-state index contributed by atoms with van der Waals surface area (Å²) in [4.78, 5) is 7.81. The van der Waals surface area contributed by atoms with Crippen molar-refractivity contribution < 1.29 is 0 Å². The van der Waals surface area contributed by atoms with E-state index in [1.54, 1.807) is 12.4 Å². The minimum Gasteiger partial charge on any atom is -0.278 e. The molecule has 2 heterocycles. The van der Waals surface area contributed by atoms with Crippen molar-refractivity contribution in [1.82, 2.24) is 15.2 Å². The summed E-state index contributed by atoms with van der Waals surface area (Å²) >= 11 is 4.48. The molecule has 12 heavy (non-hydrogen) atoms. The van der Waals surface area contributed by atoms with E-state index in [4.69, 9.17) is 0 Å². The highest BCUT2D eigenvalue weighted by molar-refractivity contribution is 7.78. The lowest BCUT2D eigenvalue weighted by Gasteiger charge is -1.89. The van der Waals surface area contributed by atoms with Crippen LogP contribution in [0.3, 0.4) is 0 Å². The Bertz CT molecular complexity index is 455. The van der Waals surface area contributed by atoms with Crippen molar-refractivity contribution in [3.05, 3.63) is 18.5 Å². The van der Waals surface area contributed by atoms with E-state index in [2.05, 4.69) is 37.6 Å². The molecule has 0 aliphatic carbocycles. The quantitative estimate of drug-likeness (QED) is 0.531. The van der Waals surface area contributed by atoms with Crippen molar-refractivity contribution in [2.24, 2.45) is 4.99 Å². The van der Waals surface area contributed by atoms with Crippen LogP contribution in [0.1, 0.15) is 0 Å². The van der Waals surface area contributed by atoms with Gasteiger partial charge >= 0.3 is 0 Å². The molecule has 2 aromatic heterocycles. The number of pyridine rings is 1. The summed E-state index contributed by atoms with van der Waals surface area (Å²) in [5.74, 6) is 0.552. The van der Waals surface area contributed by atoms with E-state index in [1.807, 2.05) is 6.07 Å². The van der Waals surface area contributed by atoms with Gasteiger partial charge in [0.15, 0.2) is 5.82 Å². The molecule has 0 aromatic carbocycles. The summed E-state index contributed by atoms with van der Waals surface area (Å²) in [5.41, 5.74) is 0.897. The Balaban J connectivity index is 2.81. The van der Waals surface area contributed by atoms with Crippen LogP contribution in [0.25, 0.3) is 10.9 Å². The van der Waals surface area contributed by atoms with Gasteiger partial charge in [0.2, 0.25) is 0 Å². The number of rotatable bonds is 1. The molecule has 0 aliphatic heterocycles. The highest BCUT2D eigenvalue weighted by Gasteiger charge is 2.00. The van der Waals surface area contributed by atoms with Gasteiger partial charge in [-0.05, 0) is 18.3 Å². The number of nitrogens with zero attached hydrogens (tertiary/aromatic N) is 3. The van der Waals surface area contributed by atoms with E-state index >= 15 is 0 Å². The third-order valence-corrected chi connectivity index (χ3v) is 1.59. The van der Waals surface area contributed by atoms with E-state index in [0.717, 1.165) is 10.9 Å². The van der Waals surface area contributed by atoms with Crippen molar-refractivity contribution in [3.63, 3.8) is 0 Å². The molecule has 2 rings (SSSR count). The number of isothiocyanates is 1. The van der Waals surface area contributed by atoms with E-state index in [0.29, 0.717) is 5.82 Å².